The van der Waals surface area contributed by atoms with Gasteiger partial charge in [0.2, 0.25) is 0 Å². The van der Waals surface area contributed by atoms with E-state index in [2.05, 4.69) is 15.9 Å². The molecule has 2 nitrogen and oxygen atoms in total. The molecule has 1 aliphatic rings. The fourth-order valence-electron chi connectivity index (χ4n) is 2.28. The van der Waals surface area contributed by atoms with Crippen molar-refractivity contribution in [2.45, 2.75) is 25.5 Å². The van der Waals surface area contributed by atoms with Crippen LogP contribution in [0.1, 0.15) is 24.9 Å². The van der Waals surface area contributed by atoms with E-state index in [4.69, 9.17) is 10.5 Å². The van der Waals surface area contributed by atoms with Crippen LogP contribution in [0.3, 0.4) is 0 Å². The van der Waals surface area contributed by atoms with E-state index in [1.807, 2.05) is 6.92 Å². The zero-order valence-corrected chi connectivity index (χ0v) is 11.0. The normalized spacial score (nSPS) is 26.2. The minimum atomic E-state index is -0.676. The van der Waals surface area contributed by atoms with Crippen molar-refractivity contribution >= 4 is 15.9 Å². The van der Waals surface area contributed by atoms with Crippen molar-refractivity contribution in [2.75, 3.05) is 6.61 Å². The third-order valence-electron chi connectivity index (χ3n) is 3.31. The van der Waals surface area contributed by atoms with Gasteiger partial charge in [-0.05, 0) is 41.4 Å². The number of halogens is 3. The maximum Gasteiger partial charge on any atom is 0.145 e. The third kappa shape index (κ3) is 2.37. The monoisotopic (exact) mass is 305 g/mol. The summed E-state index contributed by atoms with van der Waals surface area (Å²) >= 11 is 3.04. The van der Waals surface area contributed by atoms with Crippen molar-refractivity contribution in [1.82, 2.24) is 0 Å². The Hall–Kier alpha value is -0.520. The molecule has 1 aromatic carbocycles. The minimum Gasteiger partial charge on any atom is -0.378 e. The molecule has 1 fully saturated rings. The van der Waals surface area contributed by atoms with E-state index in [0.29, 0.717) is 6.61 Å². The molecule has 1 heterocycles. The molecule has 1 aliphatic heterocycles. The first-order valence-electron chi connectivity index (χ1n) is 5.53. The van der Waals surface area contributed by atoms with Crippen LogP contribution in [-0.2, 0) is 4.74 Å². The SMILES string of the molecule is CC1OCCC1C(N)c1c(F)ccc(Br)c1F. The number of hydrogen-bond acceptors (Lipinski definition) is 2. The van der Waals surface area contributed by atoms with E-state index >= 15 is 0 Å². The Morgan fingerprint density at radius 3 is 2.76 bits per heavy atom. The molecule has 0 aromatic heterocycles. The molecule has 94 valence electrons. The molecule has 1 saturated heterocycles. The van der Waals surface area contributed by atoms with Crippen LogP contribution < -0.4 is 5.73 Å². The van der Waals surface area contributed by atoms with Crippen molar-refractivity contribution in [3.63, 3.8) is 0 Å². The van der Waals surface area contributed by atoms with Crippen LogP contribution in [0.15, 0.2) is 16.6 Å². The summed E-state index contributed by atoms with van der Waals surface area (Å²) in [6.07, 6.45) is 0.663. The van der Waals surface area contributed by atoms with Crippen LogP contribution >= 0.6 is 15.9 Å². The summed E-state index contributed by atoms with van der Waals surface area (Å²) in [6.45, 7) is 2.47. The first-order valence-corrected chi connectivity index (χ1v) is 6.32. The summed E-state index contributed by atoms with van der Waals surface area (Å²) in [5.41, 5.74) is 5.93. The van der Waals surface area contributed by atoms with E-state index in [-0.39, 0.29) is 22.1 Å². The average Bonchev–Trinajstić information content (AvgIpc) is 2.70. The lowest BCUT2D eigenvalue weighted by atomic mass is 9.88. The van der Waals surface area contributed by atoms with Crippen molar-refractivity contribution in [2.24, 2.45) is 11.7 Å². The summed E-state index contributed by atoms with van der Waals surface area (Å²) < 4.78 is 33.2. The Morgan fingerprint density at radius 1 is 1.47 bits per heavy atom. The lowest BCUT2D eigenvalue weighted by molar-refractivity contribution is 0.0988. The first-order chi connectivity index (χ1) is 8.02. The van der Waals surface area contributed by atoms with E-state index in [9.17, 15) is 8.78 Å². The molecular formula is C12H14BrF2NO. The standard InChI is InChI=1S/C12H14BrF2NO/c1-6-7(4-5-17-6)12(16)10-9(14)3-2-8(13)11(10)15/h2-3,6-7,12H,4-5,16H2,1H3. The van der Waals surface area contributed by atoms with Gasteiger partial charge in [-0.2, -0.15) is 0 Å². The molecule has 0 aliphatic carbocycles. The molecule has 1 aromatic rings. The van der Waals surface area contributed by atoms with Crippen LogP contribution in [0, 0.1) is 17.6 Å². The highest BCUT2D eigenvalue weighted by molar-refractivity contribution is 9.10. The molecule has 3 atom stereocenters. The maximum atomic E-state index is 13.9. The molecule has 3 unspecified atom stereocenters. The van der Waals surface area contributed by atoms with Gasteiger partial charge < -0.3 is 10.5 Å². The zero-order valence-electron chi connectivity index (χ0n) is 9.42. The van der Waals surface area contributed by atoms with Gasteiger partial charge >= 0.3 is 0 Å². The van der Waals surface area contributed by atoms with Gasteiger partial charge in [0.25, 0.3) is 0 Å². The van der Waals surface area contributed by atoms with Gasteiger partial charge in [0.15, 0.2) is 0 Å². The molecule has 17 heavy (non-hydrogen) atoms. The molecule has 2 rings (SSSR count). The predicted molar refractivity (Wildman–Crippen MR) is 64.5 cm³/mol. The molecule has 0 radical (unpaired) electrons. The Labute approximate surface area is 107 Å². The zero-order chi connectivity index (χ0) is 12.6. The Bertz CT molecular complexity index is 427. The number of rotatable bonds is 2. The highest BCUT2D eigenvalue weighted by Crippen LogP contribution is 2.35. The van der Waals surface area contributed by atoms with Crippen LogP contribution in [0.5, 0.6) is 0 Å². The first kappa shape index (κ1) is 12.9. The van der Waals surface area contributed by atoms with Crippen LogP contribution in [0.4, 0.5) is 8.78 Å². The Morgan fingerprint density at radius 2 is 2.18 bits per heavy atom. The van der Waals surface area contributed by atoms with Crippen molar-refractivity contribution in [3.8, 4) is 0 Å². The average molecular weight is 306 g/mol. The summed E-state index contributed by atoms with van der Waals surface area (Å²) in [4.78, 5) is 0. The van der Waals surface area contributed by atoms with Crippen LogP contribution in [-0.4, -0.2) is 12.7 Å². The topological polar surface area (TPSA) is 35.2 Å². The fourth-order valence-corrected chi connectivity index (χ4v) is 2.63. The van der Waals surface area contributed by atoms with Crippen LogP contribution in [0.25, 0.3) is 0 Å². The summed E-state index contributed by atoms with van der Waals surface area (Å²) in [5, 5.41) is 0. The Kier molecular flexibility index (Phi) is 3.80. The van der Waals surface area contributed by atoms with E-state index in [1.165, 1.54) is 12.1 Å². The van der Waals surface area contributed by atoms with Gasteiger partial charge in [0.1, 0.15) is 11.6 Å². The van der Waals surface area contributed by atoms with Crippen molar-refractivity contribution < 1.29 is 13.5 Å². The van der Waals surface area contributed by atoms with E-state index < -0.39 is 17.7 Å². The van der Waals surface area contributed by atoms with E-state index in [1.54, 1.807) is 0 Å². The molecule has 0 bridgehead atoms. The van der Waals surface area contributed by atoms with Gasteiger partial charge in [-0.3, -0.25) is 0 Å². The number of nitrogens with two attached hydrogens (primary N) is 1. The Balaban J connectivity index is 2.36. The van der Waals surface area contributed by atoms with E-state index in [0.717, 1.165) is 6.42 Å². The van der Waals surface area contributed by atoms with Gasteiger partial charge in [0, 0.05) is 24.1 Å². The number of ether oxygens (including phenoxy) is 1. The lowest BCUT2D eigenvalue weighted by Crippen LogP contribution is -2.28. The van der Waals surface area contributed by atoms with Gasteiger partial charge in [-0.1, -0.05) is 0 Å². The summed E-state index contributed by atoms with van der Waals surface area (Å²) in [5.74, 6) is -1.26. The predicted octanol–water partition coefficient (Wildman–Crippen LogP) is 3.15. The second-order valence-corrected chi connectivity index (χ2v) is 5.17. The molecule has 0 amide bonds. The molecule has 0 saturated carbocycles. The second-order valence-electron chi connectivity index (χ2n) is 4.31. The van der Waals surface area contributed by atoms with Crippen molar-refractivity contribution in [1.29, 1.82) is 0 Å². The largest absolute Gasteiger partial charge is 0.378 e. The third-order valence-corrected chi connectivity index (χ3v) is 3.92. The number of benzene rings is 1. The second kappa shape index (κ2) is 5.00. The highest BCUT2D eigenvalue weighted by atomic mass is 79.9. The summed E-state index contributed by atoms with van der Waals surface area (Å²) in [6, 6.07) is 1.89. The molecular weight excluding hydrogens is 292 g/mol. The number of hydrogen-bond donors (Lipinski definition) is 1. The smallest absolute Gasteiger partial charge is 0.145 e. The molecule has 5 heteroatoms. The molecule has 2 N–H and O–H groups in total. The van der Waals surface area contributed by atoms with Crippen molar-refractivity contribution in [3.05, 3.63) is 33.8 Å². The van der Waals surface area contributed by atoms with Gasteiger partial charge in [-0.15, -0.1) is 0 Å². The quantitative estimate of drug-likeness (QED) is 0.852. The van der Waals surface area contributed by atoms with Crippen LogP contribution in [0.2, 0.25) is 0 Å². The maximum absolute atomic E-state index is 13.9. The molecule has 0 spiro atoms. The summed E-state index contributed by atoms with van der Waals surface area (Å²) in [7, 11) is 0. The lowest BCUT2D eigenvalue weighted by Gasteiger charge is -2.23. The minimum absolute atomic E-state index is 0.0479. The highest BCUT2D eigenvalue weighted by Gasteiger charge is 2.33. The van der Waals surface area contributed by atoms with Gasteiger partial charge in [-0.25, -0.2) is 8.78 Å². The fraction of sp³-hybridized carbons (Fsp3) is 0.500. The van der Waals surface area contributed by atoms with Gasteiger partial charge in [0.05, 0.1) is 10.6 Å².